The number of carboxylic acid groups (broad SMARTS) is 1. The van der Waals surface area contributed by atoms with Crippen LogP contribution in [0.25, 0.3) is 0 Å². The number of rotatable bonds is 5. The zero-order chi connectivity index (χ0) is 15.6. The van der Waals surface area contributed by atoms with Crippen LogP contribution in [-0.2, 0) is 23.6 Å². The first-order valence-electron chi connectivity index (χ1n) is 5.94. The Morgan fingerprint density at radius 2 is 2.05 bits per heavy atom. The SMILES string of the molecule is Cn1cc(S(=O)(=O)NCc2ccccc2F)cc1C(=O)O. The van der Waals surface area contributed by atoms with E-state index in [-0.39, 0.29) is 22.7 Å². The lowest BCUT2D eigenvalue weighted by Crippen LogP contribution is -2.23. The standard InChI is InChI=1S/C13H13FN2O4S/c1-16-8-10(6-12(16)13(17)18)21(19,20)15-7-9-4-2-3-5-11(9)14/h2-6,8,15H,7H2,1H3,(H,17,18). The zero-order valence-corrected chi connectivity index (χ0v) is 11.9. The van der Waals surface area contributed by atoms with Gasteiger partial charge in [0, 0.05) is 25.4 Å². The van der Waals surface area contributed by atoms with Gasteiger partial charge in [-0.3, -0.25) is 0 Å². The van der Waals surface area contributed by atoms with Crippen molar-refractivity contribution < 1.29 is 22.7 Å². The van der Waals surface area contributed by atoms with Crippen molar-refractivity contribution in [2.24, 2.45) is 7.05 Å². The highest BCUT2D eigenvalue weighted by molar-refractivity contribution is 7.89. The number of hydrogen-bond acceptors (Lipinski definition) is 3. The topological polar surface area (TPSA) is 88.4 Å². The summed E-state index contributed by atoms with van der Waals surface area (Å²) in [5.74, 6) is -1.74. The maximum absolute atomic E-state index is 13.4. The van der Waals surface area contributed by atoms with Crippen LogP contribution in [0.15, 0.2) is 41.4 Å². The maximum Gasteiger partial charge on any atom is 0.352 e. The smallest absolute Gasteiger partial charge is 0.352 e. The van der Waals surface area contributed by atoms with Gasteiger partial charge in [-0.25, -0.2) is 22.3 Å². The van der Waals surface area contributed by atoms with E-state index in [0.29, 0.717) is 0 Å². The third kappa shape index (κ3) is 3.29. The van der Waals surface area contributed by atoms with Crippen LogP contribution in [0, 0.1) is 5.82 Å². The van der Waals surface area contributed by atoms with Gasteiger partial charge in [-0.05, 0) is 12.1 Å². The van der Waals surface area contributed by atoms with Crippen molar-refractivity contribution in [2.75, 3.05) is 0 Å². The number of halogens is 1. The Balaban J connectivity index is 2.21. The number of sulfonamides is 1. The Morgan fingerprint density at radius 1 is 1.38 bits per heavy atom. The van der Waals surface area contributed by atoms with Gasteiger partial charge in [0.15, 0.2) is 0 Å². The number of carbonyl (C=O) groups is 1. The van der Waals surface area contributed by atoms with Crippen LogP contribution in [0.2, 0.25) is 0 Å². The molecule has 21 heavy (non-hydrogen) atoms. The fourth-order valence-electron chi connectivity index (χ4n) is 1.79. The number of nitrogens with zero attached hydrogens (tertiary/aromatic N) is 1. The van der Waals surface area contributed by atoms with E-state index in [2.05, 4.69) is 4.72 Å². The van der Waals surface area contributed by atoms with Crippen molar-refractivity contribution >= 4 is 16.0 Å². The molecule has 2 aromatic rings. The summed E-state index contributed by atoms with van der Waals surface area (Å²) in [6.07, 6.45) is 1.19. The molecule has 0 fully saturated rings. The van der Waals surface area contributed by atoms with E-state index in [0.717, 1.165) is 6.07 Å². The van der Waals surface area contributed by atoms with Crippen molar-refractivity contribution in [2.45, 2.75) is 11.4 Å². The number of carboxylic acids is 1. The molecule has 0 amide bonds. The Hall–Kier alpha value is -2.19. The number of hydrogen-bond donors (Lipinski definition) is 2. The van der Waals surface area contributed by atoms with Gasteiger partial charge in [0.1, 0.15) is 16.4 Å². The van der Waals surface area contributed by atoms with Gasteiger partial charge in [0.05, 0.1) is 0 Å². The fourth-order valence-corrected chi connectivity index (χ4v) is 2.87. The highest BCUT2D eigenvalue weighted by atomic mass is 32.2. The Kier molecular flexibility index (Phi) is 4.10. The van der Waals surface area contributed by atoms with Gasteiger partial charge in [0.2, 0.25) is 10.0 Å². The number of aryl methyl sites for hydroxylation is 1. The van der Waals surface area contributed by atoms with Gasteiger partial charge in [-0.15, -0.1) is 0 Å². The Bertz CT molecular complexity index is 783. The molecular formula is C13H13FN2O4S. The summed E-state index contributed by atoms with van der Waals surface area (Å²) in [6.45, 7) is -0.216. The lowest BCUT2D eigenvalue weighted by atomic mass is 10.2. The second-order valence-corrected chi connectivity index (χ2v) is 6.16. The van der Waals surface area contributed by atoms with E-state index in [1.165, 1.54) is 36.0 Å². The average molecular weight is 312 g/mol. The molecule has 1 aromatic heterocycles. The minimum atomic E-state index is -3.91. The molecular weight excluding hydrogens is 299 g/mol. The number of benzene rings is 1. The van der Waals surface area contributed by atoms with E-state index in [9.17, 15) is 17.6 Å². The van der Waals surface area contributed by atoms with Crippen LogP contribution in [0.5, 0.6) is 0 Å². The first-order chi connectivity index (χ1) is 9.81. The molecule has 2 rings (SSSR count). The molecule has 1 heterocycles. The molecule has 0 aliphatic carbocycles. The van der Waals surface area contributed by atoms with Crippen LogP contribution < -0.4 is 4.72 Å². The summed E-state index contributed by atoms with van der Waals surface area (Å²) in [4.78, 5) is 10.7. The molecule has 6 nitrogen and oxygen atoms in total. The van der Waals surface area contributed by atoms with Gasteiger partial charge in [-0.1, -0.05) is 18.2 Å². The molecule has 8 heteroatoms. The predicted octanol–water partition coefficient (Wildman–Crippen LogP) is 1.34. The van der Waals surface area contributed by atoms with E-state index < -0.39 is 21.8 Å². The van der Waals surface area contributed by atoms with Crippen LogP contribution in [0.1, 0.15) is 16.1 Å². The maximum atomic E-state index is 13.4. The van der Waals surface area contributed by atoms with Crippen LogP contribution in [0.4, 0.5) is 4.39 Å². The van der Waals surface area contributed by atoms with Crippen molar-refractivity contribution in [3.8, 4) is 0 Å². The van der Waals surface area contributed by atoms with E-state index in [1.807, 2.05) is 0 Å². The normalized spacial score (nSPS) is 11.5. The lowest BCUT2D eigenvalue weighted by Gasteiger charge is -2.05. The highest BCUT2D eigenvalue weighted by Gasteiger charge is 2.20. The third-order valence-corrected chi connectivity index (χ3v) is 4.29. The van der Waals surface area contributed by atoms with Gasteiger partial charge >= 0.3 is 5.97 Å². The molecule has 0 spiro atoms. The van der Waals surface area contributed by atoms with Crippen LogP contribution >= 0.6 is 0 Å². The minimum absolute atomic E-state index is 0.152. The third-order valence-electron chi connectivity index (χ3n) is 2.92. The fraction of sp³-hybridized carbons (Fsp3) is 0.154. The number of aromatic nitrogens is 1. The Labute approximate surface area is 120 Å². The number of nitrogens with one attached hydrogen (secondary N) is 1. The van der Waals surface area contributed by atoms with Crippen LogP contribution in [0.3, 0.4) is 0 Å². The molecule has 0 saturated carbocycles. The summed E-state index contributed by atoms with van der Waals surface area (Å²) in [6, 6.07) is 6.84. The summed E-state index contributed by atoms with van der Waals surface area (Å²) in [5.41, 5.74) is 0.0525. The molecule has 0 radical (unpaired) electrons. The average Bonchev–Trinajstić information content (AvgIpc) is 2.81. The summed E-state index contributed by atoms with van der Waals surface area (Å²) >= 11 is 0. The molecule has 0 bridgehead atoms. The van der Waals surface area contributed by atoms with Gasteiger partial charge < -0.3 is 9.67 Å². The van der Waals surface area contributed by atoms with Crippen molar-refractivity contribution in [1.29, 1.82) is 0 Å². The molecule has 0 atom stereocenters. The van der Waals surface area contributed by atoms with Crippen molar-refractivity contribution in [1.82, 2.24) is 9.29 Å². The zero-order valence-electron chi connectivity index (χ0n) is 11.1. The first kappa shape index (κ1) is 15.2. The molecule has 0 aliphatic heterocycles. The molecule has 2 N–H and O–H groups in total. The van der Waals surface area contributed by atoms with Gasteiger partial charge in [0.25, 0.3) is 0 Å². The molecule has 112 valence electrons. The summed E-state index contributed by atoms with van der Waals surface area (Å²) in [7, 11) is -2.48. The molecule has 0 unspecified atom stereocenters. The summed E-state index contributed by atoms with van der Waals surface area (Å²) in [5, 5.41) is 8.90. The van der Waals surface area contributed by atoms with E-state index in [4.69, 9.17) is 5.11 Å². The van der Waals surface area contributed by atoms with Crippen LogP contribution in [-0.4, -0.2) is 24.1 Å². The minimum Gasteiger partial charge on any atom is -0.477 e. The predicted molar refractivity (Wildman–Crippen MR) is 72.8 cm³/mol. The van der Waals surface area contributed by atoms with Gasteiger partial charge in [-0.2, -0.15) is 0 Å². The second-order valence-electron chi connectivity index (χ2n) is 4.39. The second kappa shape index (κ2) is 5.66. The lowest BCUT2D eigenvalue weighted by molar-refractivity contribution is 0.0686. The number of aromatic carboxylic acids is 1. The Morgan fingerprint density at radius 3 is 2.62 bits per heavy atom. The largest absolute Gasteiger partial charge is 0.477 e. The molecule has 0 aliphatic rings. The monoisotopic (exact) mass is 312 g/mol. The highest BCUT2D eigenvalue weighted by Crippen LogP contribution is 2.14. The molecule has 0 saturated heterocycles. The first-order valence-corrected chi connectivity index (χ1v) is 7.42. The van der Waals surface area contributed by atoms with Crippen molar-refractivity contribution in [3.05, 3.63) is 53.6 Å². The summed E-state index contributed by atoms with van der Waals surface area (Å²) < 4.78 is 41.0. The van der Waals surface area contributed by atoms with E-state index >= 15 is 0 Å². The van der Waals surface area contributed by atoms with Crippen molar-refractivity contribution in [3.63, 3.8) is 0 Å². The molecule has 1 aromatic carbocycles. The van der Waals surface area contributed by atoms with E-state index in [1.54, 1.807) is 6.07 Å². The quantitative estimate of drug-likeness (QED) is 0.872.